The second-order valence-electron chi connectivity index (χ2n) is 8.11. The monoisotopic (exact) mass is 425 g/mol. The fourth-order valence-electron chi connectivity index (χ4n) is 3.57. The highest BCUT2D eigenvalue weighted by molar-refractivity contribution is 7.89. The molecule has 8 nitrogen and oxygen atoms in total. The van der Waals surface area contributed by atoms with E-state index in [1.165, 1.54) is 12.1 Å². The summed E-state index contributed by atoms with van der Waals surface area (Å²) in [5, 5.41) is 2.94. The van der Waals surface area contributed by atoms with Crippen molar-refractivity contribution in [2.45, 2.75) is 43.2 Å². The van der Waals surface area contributed by atoms with Gasteiger partial charge in [-0.1, -0.05) is 6.07 Å². The lowest BCUT2D eigenvalue weighted by Gasteiger charge is -2.40. The molecule has 2 aliphatic rings. The summed E-state index contributed by atoms with van der Waals surface area (Å²) < 4.78 is 38.6. The molecule has 2 N–H and O–H groups in total. The van der Waals surface area contributed by atoms with Crippen molar-refractivity contribution >= 4 is 15.9 Å². The van der Waals surface area contributed by atoms with Crippen molar-refractivity contribution in [3.8, 4) is 0 Å². The number of morpholine rings is 1. The Kier molecular flexibility index (Phi) is 7.28. The summed E-state index contributed by atoms with van der Waals surface area (Å²) in [5.41, 5.74) is 0.106. The van der Waals surface area contributed by atoms with Crippen molar-refractivity contribution in [1.29, 1.82) is 0 Å². The van der Waals surface area contributed by atoms with Crippen LogP contribution in [0.1, 0.15) is 37.0 Å². The molecule has 0 radical (unpaired) electrons. The topological polar surface area (TPSA) is 97.0 Å². The molecule has 2 fully saturated rings. The Morgan fingerprint density at radius 3 is 2.69 bits per heavy atom. The summed E-state index contributed by atoms with van der Waals surface area (Å²) >= 11 is 0. The average molecular weight is 426 g/mol. The second-order valence-corrected chi connectivity index (χ2v) is 9.88. The SMILES string of the molecule is CC(C)(CNC(=O)c1cccc(S(=O)(=O)NCC2CCCO2)c1)N1CCOCC1. The van der Waals surface area contributed by atoms with Crippen molar-refractivity contribution < 1.29 is 22.7 Å². The first-order valence-electron chi connectivity index (χ1n) is 10.1. The lowest BCUT2D eigenvalue weighted by atomic mass is 10.0. The predicted molar refractivity (Wildman–Crippen MR) is 109 cm³/mol. The van der Waals surface area contributed by atoms with Crippen LogP contribution in [0.25, 0.3) is 0 Å². The minimum absolute atomic E-state index is 0.0792. The lowest BCUT2D eigenvalue weighted by molar-refractivity contribution is -0.00923. The van der Waals surface area contributed by atoms with Crippen molar-refractivity contribution in [2.24, 2.45) is 0 Å². The number of hydrogen-bond donors (Lipinski definition) is 2. The number of benzene rings is 1. The van der Waals surface area contributed by atoms with Crippen LogP contribution in [0, 0.1) is 0 Å². The van der Waals surface area contributed by atoms with Gasteiger partial charge in [0.25, 0.3) is 5.91 Å². The Morgan fingerprint density at radius 2 is 2.00 bits per heavy atom. The van der Waals surface area contributed by atoms with Crippen LogP contribution in [-0.4, -0.2) is 76.9 Å². The molecule has 2 heterocycles. The van der Waals surface area contributed by atoms with Crippen LogP contribution in [-0.2, 0) is 19.5 Å². The number of hydrogen-bond acceptors (Lipinski definition) is 6. The number of nitrogens with one attached hydrogen (secondary N) is 2. The number of nitrogens with zero attached hydrogens (tertiary/aromatic N) is 1. The van der Waals surface area contributed by atoms with Gasteiger partial charge in [0.1, 0.15) is 0 Å². The van der Waals surface area contributed by atoms with E-state index in [-0.39, 0.29) is 29.0 Å². The van der Waals surface area contributed by atoms with E-state index in [0.29, 0.717) is 31.9 Å². The molecule has 1 amide bonds. The fraction of sp³-hybridized carbons (Fsp3) is 0.650. The molecule has 0 bridgehead atoms. The highest BCUT2D eigenvalue weighted by Gasteiger charge is 2.29. The van der Waals surface area contributed by atoms with E-state index in [0.717, 1.165) is 25.9 Å². The average Bonchev–Trinajstić information content (AvgIpc) is 3.25. The van der Waals surface area contributed by atoms with Crippen molar-refractivity contribution in [3.63, 3.8) is 0 Å². The summed E-state index contributed by atoms with van der Waals surface area (Å²) in [4.78, 5) is 15.0. The minimum Gasteiger partial charge on any atom is -0.379 e. The van der Waals surface area contributed by atoms with Gasteiger partial charge >= 0.3 is 0 Å². The van der Waals surface area contributed by atoms with Gasteiger partial charge in [0.15, 0.2) is 0 Å². The molecule has 3 rings (SSSR count). The zero-order valence-corrected chi connectivity index (χ0v) is 18.0. The van der Waals surface area contributed by atoms with Crippen LogP contribution < -0.4 is 10.0 Å². The van der Waals surface area contributed by atoms with E-state index in [1.807, 2.05) is 0 Å². The van der Waals surface area contributed by atoms with E-state index in [9.17, 15) is 13.2 Å². The molecular formula is C20H31N3O5S. The number of carbonyl (C=O) groups is 1. The Labute approximate surface area is 173 Å². The molecule has 0 aromatic heterocycles. The van der Waals surface area contributed by atoms with E-state index >= 15 is 0 Å². The van der Waals surface area contributed by atoms with Gasteiger partial charge in [-0.05, 0) is 44.9 Å². The molecule has 0 saturated carbocycles. The third-order valence-electron chi connectivity index (χ3n) is 5.48. The maximum Gasteiger partial charge on any atom is 0.251 e. The molecule has 0 aliphatic carbocycles. The van der Waals surface area contributed by atoms with Gasteiger partial charge in [-0.3, -0.25) is 9.69 Å². The summed E-state index contributed by atoms with van der Waals surface area (Å²) in [6.45, 7) is 8.56. The molecule has 9 heteroatoms. The van der Waals surface area contributed by atoms with E-state index in [2.05, 4.69) is 28.8 Å². The van der Waals surface area contributed by atoms with Crippen LogP contribution in [0.4, 0.5) is 0 Å². The normalized spacial score (nSPS) is 21.2. The van der Waals surface area contributed by atoms with Gasteiger partial charge in [-0.2, -0.15) is 0 Å². The van der Waals surface area contributed by atoms with E-state index in [1.54, 1.807) is 12.1 Å². The number of sulfonamides is 1. The first-order chi connectivity index (χ1) is 13.8. The first kappa shape index (κ1) is 22.2. The highest BCUT2D eigenvalue weighted by atomic mass is 32.2. The smallest absolute Gasteiger partial charge is 0.251 e. The van der Waals surface area contributed by atoms with Crippen molar-refractivity contribution in [3.05, 3.63) is 29.8 Å². The molecule has 1 aromatic rings. The molecule has 29 heavy (non-hydrogen) atoms. The maximum atomic E-state index is 12.6. The summed E-state index contributed by atoms with van der Waals surface area (Å²) in [5.74, 6) is -0.289. The maximum absolute atomic E-state index is 12.6. The number of carbonyl (C=O) groups excluding carboxylic acids is 1. The summed E-state index contributed by atoms with van der Waals surface area (Å²) in [6.07, 6.45) is 1.71. The zero-order valence-electron chi connectivity index (χ0n) is 17.1. The number of ether oxygens (including phenoxy) is 2. The minimum atomic E-state index is -3.70. The largest absolute Gasteiger partial charge is 0.379 e. The summed E-state index contributed by atoms with van der Waals surface area (Å²) in [6, 6.07) is 6.11. The van der Waals surface area contributed by atoms with E-state index < -0.39 is 10.0 Å². The molecule has 1 aromatic carbocycles. The van der Waals surface area contributed by atoms with Gasteiger partial charge in [-0.15, -0.1) is 0 Å². The van der Waals surface area contributed by atoms with Crippen LogP contribution in [0.5, 0.6) is 0 Å². The molecule has 2 aliphatic heterocycles. The Balaban J connectivity index is 1.59. The van der Waals surface area contributed by atoms with Crippen LogP contribution in [0.15, 0.2) is 29.2 Å². The molecule has 2 saturated heterocycles. The molecular weight excluding hydrogens is 394 g/mol. The standard InChI is InChI=1S/C20H31N3O5S/c1-20(2,23-8-11-27-12-9-23)15-21-19(24)16-5-3-7-18(13-16)29(25,26)22-14-17-6-4-10-28-17/h3,5,7,13,17,22H,4,6,8-12,14-15H2,1-2H3,(H,21,24). The molecule has 1 unspecified atom stereocenters. The quantitative estimate of drug-likeness (QED) is 0.645. The van der Waals surface area contributed by atoms with Crippen LogP contribution in [0.3, 0.4) is 0 Å². The second kappa shape index (κ2) is 9.53. The van der Waals surface area contributed by atoms with Crippen molar-refractivity contribution in [2.75, 3.05) is 46.0 Å². The van der Waals surface area contributed by atoms with E-state index in [4.69, 9.17) is 9.47 Å². The van der Waals surface area contributed by atoms with Gasteiger partial charge in [0.2, 0.25) is 10.0 Å². The Morgan fingerprint density at radius 1 is 1.24 bits per heavy atom. The van der Waals surface area contributed by atoms with Crippen molar-refractivity contribution in [1.82, 2.24) is 14.9 Å². The van der Waals surface area contributed by atoms with Gasteiger partial charge < -0.3 is 14.8 Å². The predicted octanol–water partition coefficient (Wildman–Crippen LogP) is 0.985. The fourth-order valence-corrected chi connectivity index (χ4v) is 4.69. The Bertz CT molecular complexity index is 800. The van der Waals surface area contributed by atoms with Gasteiger partial charge in [-0.25, -0.2) is 13.1 Å². The highest BCUT2D eigenvalue weighted by Crippen LogP contribution is 2.17. The first-order valence-corrected chi connectivity index (χ1v) is 11.6. The molecule has 1 atom stereocenters. The van der Waals surface area contributed by atoms with Crippen LogP contribution in [0.2, 0.25) is 0 Å². The zero-order chi connectivity index (χ0) is 20.9. The Hall–Kier alpha value is -1.52. The van der Waals surface area contributed by atoms with Gasteiger partial charge in [0, 0.05) is 43.9 Å². The van der Waals surface area contributed by atoms with Crippen LogP contribution >= 0.6 is 0 Å². The van der Waals surface area contributed by atoms with Gasteiger partial charge in [0.05, 0.1) is 24.2 Å². The molecule has 162 valence electrons. The third kappa shape index (κ3) is 5.99. The number of amides is 1. The lowest BCUT2D eigenvalue weighted by Crippen LogP contribution is -2.55. The number of rotatable bonds is 8. The summed E-state index contributed by atoms with van der Waals surface area (Å²) in [7, 11) is -3.70. The molecule has 0 spiro atoms. The third-order valence-corrected chi connectivity index (χ3v) is 6.90.